The summed E-state index contributed by atoms with van der Waals surface area (Å²) in [6.45, 7) is 4.79. The Bertz CT molecular complexity index is 535. The third-order valence-electron chi connectivity index (χ3n) is 2.57. The molecule has 4 heteroatoms. The summed E-state index contributed by atoms with van der Waals surface area (Å²) in [7, 11) is 0. The highest BCUT2D eigenvalue weighted by atomic mass is 32.1. The molecule has 0 saturated heterocycles. The maximum absolute atomic E-state index is 12.2. The number of nitrogens with one attached hydrogen (secondary N) is 2. The molecule has 1 heterocycles. The number of rotatable bonds is 4. The Morgan fingerprint density at radius 3 is 2.83 bits per heavy atom. The summed E-state index contributed by atoms with van der Waals surface area (Å²) >= 11 is 1.56. The highest BCUT2D eigenvalue weighted by Gasteiger charge is 2.11. The van der Waals surface area contributed by atoms with Gasteiger partial charge in [-0.15, -0.1) is 0 Å². The molecule has 0 atom stereocenters. The minimum absolute atomic E-state index is 0.0759. The number of carbonyl (C=O) groups excluding carboxylic acids is 1. The van der Waals surface area contributed by atoms with Gasteiger partial charge in [0.2, 0.25) is 0 Å². The first-order valence-electron chi connectivity index (χ1n) is 5.88. The average Bonchev–Trinajstić information content (AvgIpc) is 2.84. The van der Waals surface area contributed by atoms with E-state index in [-0.39, 0.29) is 5.91 Å². The monoisotopic (exact) mass is 260 g/mol. The molecule has 1 aromatic heterocycles. The van der Waals surface area contributed by atoms with Gasteiger partial charge in [0.25, 0.3) is 5.91 Å². The predicted octanol–water partition coefficient (Wildman–Crippen LogP) is 3.74. The normalized spacial score (nSPS) is 10.1. The number of anilines is 2. The molecule has 0 unspecified atom stereocenters. The number of hydrogen-bond acceptors (Lipinski definition) is 3. The van der Waals surface area contributed by atoms with Crippen molar-refractivity contribution in [3.05, 3.63) is 46.2 Å². The average molecular weight is 260 g/mol. The molecule has 94 valence electrons. The molecule has 0 aliphatic rings. The van der Waals surface area contributed by atoms with Crippen LogP contribution in [0.2, 0.25) is 0 Å². The quantitative estimate of drug-likeness (QED) is 0.879. The van der Waals surface area contributed by atoms with Gasteiger partial charge >= 0.3 is 0 Å². The first-order chi connectivity index (χ1) is 8.70. The second-order valence-electron chi connectivity index (χ2n) is 4.05. The fourth-order valence-corrected chi connectivity index (χ4v) is 2.31. The van der Waals surface area contributed by atoms with E-state index < -0.39 is 0 Å². The highest BCUT2D eigenvalue weighted by Crippen LogP contribution is 2.20. The molecule has 0 fully saturated rings. The standard InChI is InChI=1S/C14H16N2OS/c1-3-15-13-5-4-10(2)8-12(13)14(17)16-11-6-7-18-9-11/h4-9,15H,3H2,1-2H3,(H,16,17). The van der Waals surface area contributed by atoms with E-state index in [0.29, 0.717) is 5.56 Å². The lowest BCUT2D eigenvalue weighted by atomic mass is 10.1. The van der Waals surface area contributed by atoms with Crippen molar-refractivity contribution in [2.45, 2.75) is 13.8 Å². The second kappa shape index (κ2) is 5.69. The van der Waals surface area contributed by atoms with Crippen molar-refractivity contribution in [2.75, 3.05) is 17.2 Å². The van der Waals surface area contributed by atoms with Gasteiger partial charge in [-0.05, 0) is 37.4 Å². The molecule has 0 saturated carbocycles. The summed E-state index contributed by atoms with van der Waals surface area (Å²) in [5.41, 5.74) is 3.47. The first kappa shape index (κ1) is 12.6. The molecule has 1 aromatic carbocycles. The molecular formula is C14H16N2OS. The zero-order chi connectivity index (χ0) is 13.0. The Labute approximate surface area is 111 Å². The van der Waals surface area contributed by atoms with E-state index in [1.165, 1.54) is 0 Å². The van der Waals surface area contributed by atoms with E-state index in [9.17, 15) is 4.79 Å². The van der Waals surface area contributed by atoms with E-state index in [0.717, 1.165) is 23.5 Å². The van der Waals surface area contributed by atoms with E-state index in [1.807, 2.05) is 48.9 Å². The van der Waals surface area contributed by atoms with Gasteiger partial charge in [-0.2, -0.15) is 11.3 Å². The number of amides is 1. The van der Waals surface area contributed by atoms with Crippen LogP contribution in [-0.2, 0) is 0 Å². The lowest BCUT2D eigenvalue weighted by Gasteiger charge is -2.11. The van der Waals surface area contributed by atoms with Gasteiger partial charge < -0.3 is 10.6 Å². The molecule has 2 aromatic rings. The molecule has 0 aliphatic carbocycles. The molecule has 18 heavy (non-hydrogen) atoms. The zero-order valence-corrected chi connectivity index (χ0v) is 11.3. The summed E-state index contributed by atoms with van der Waals surface area (Å²) in [6.07, 6.45) is 0. The first-order valence-corrected chi connectivity index (χ1v) is 6.83. The Balaban J connectivity index is 2.25. The number of hydrogen-bond donors (Lipinski definition) is 2. The van der Waals surface area contributed by atoms with Crippen molar-refractivity contribution in [2.24, 2.45) is 0 Å². The Morgan fingerprint density at radius 2 is 2.17 bits per heavy atom. The van der Waals surface area contributed by atoms with Crippen LogP contribution in [0, 0.1) is 6.92 Å². The zero-order valence-electron chi connectivity index (χ0n) is 10.5. The van der Waals surface area contributed by atoms with E-state index in [2.05, 4.69) is 10.6 Å². The van der Waals surface area contributed by atoms with Crippen LogP contribution in [0.5, 0.6) is 0 Å². The maximum Gasteiger partial charge on any atom is 0.257 e. The summed E-state index contributed by atoms with van der Waals surface area (Å²) in [4.78, 5) is 12.2. The minimum atomic E-state index is -0.0759. The number of carbonyl (C=O) groups is 1. The van der Waals surface area contributed by atoms with Gasteiger partial charge in [0.05, 0.1) is 11.3 Å². The molecule has 0 radical (unpaired) electrons. The molecule has 0 aliphatic heterocycles. The van der Waals surface area contributed by atoms with Crippen LogP contribution in [0.4, 0.5) is 11.4 Å². The molecule has 2 N–H and O–H groups in total. The fraction of sp³-hybridized carbons (Fsp3) is 0.214. The van der Waals surface area contributed by atoms with Crippen LogP contribution in [0.3, 0.4) is 0 Å². The van der Waals surface area contributed by atoms with Crippen molar-refractivity contribution in [1.82, 2.24) is 0 Å². The predicted molar refractivity (Wildman–Crippen MR) is 77.6 cm³/mol. The van der Waals surface area contributed by atoms with Crippen LogP contribution in [0.1, 0.15) is 22.8 Å². The molecular weight excluding hydrogens is 244 g/mol. The molecule has 3 nitrogen and oxygen atoms in total. The van der Waals surface area contributed by atoms with E-state index >= 15 is 0 Å². The van der Waals surface area contributed by atoms with Gasteiger partial charge in [0.1, 0.15) is 0 Å². The largest absolute Gasteiger partial charge is 0.385 e. The summed E-state index contributed by atoms with van der Waals surface area (Å²) in [6, 6.07) is 7.74. The molecule has 1 amide bonds. The Morgan fingerprint density at radius 1 is 1.33 bits per heavy atom. The van der Waals surface area contributed by atoms with Gasteiger partial charge in [0.15, 0.2) is 0 Å². The van der Waals surface area contributed by atoms with Gasteiger partial charge in [-0.25, -0.2) is 0 Å². The van der Waals surface area contributed by atoms with Crippen molar-refractivity contribution in [1.29, 1.82) is 0 Å². The topological polar surface area (TPSA) is 41.1 Å². The van der Waals surface area contributed by atoms with Crippen molar-refractivity contribution in [3.8, 4) is 0 Å². The summed E-state index contributed by atoms with van der Waals surface area (Å²) in [5, 5.41) is 9.96. The minimum Gasteiger partial charge on any atom is -0.385 e. The van der Waals surface area contributed by atoms with E-state index in [4.69, 9.17) is 0 Å². The Hall–Kier alpha value is -1.81. The van der Waals surface area contributed by atoms with Crippen LogP contribution in [-0.4, -0.2) is 12.5 Å². The fourth-order valence-electron chi connectivity index (χ4n) is 1.72. The van der Waals surface area contributed by atoms with Crippen molar-refractivity contribution < 1.29 is 4.79 Å². The lowest BCUT2D eigenvalue weighted by molar-refractivity contribution is 0.102. The smallest absolute Gasteiger partial charge is 0.257 e. The van der Waals surface area contributed by atoms with Crippen molar-refractivity contribution >= 4 is 28.6 Å². The van der Waals surface area contributed by atoms with Crippen LogP contribution in [0.15, 0.2) is 35.0 Å². The third kappa shape index (κ3) is 2.90. The highest BCUT2D eigenvalue weighted by molar-refractivity contribution is 7.08. The molecule has 0 bridgehead atoms. The number of thiophene rings is 1. The maximum atomic E-state index is 12.2. The number of benzene rings is 1. The second-order valence-corrected chi connectivity index (χ2v) is 4.83. The lowest BCUT2D eigenvalue weighted by Crippen LogP contribution is -2.14. The third-order valence-corrected chi connectivity index (χ3v) is 3.25. The van der Waals surface area contributed by atoms with Crippen LogP contribution >= 0.6 is 11.3 Å². The van der Waals surface area contributed by atoms with Gasteiger partial charge in [-0.1, -0.05) is 11.6 Å². The van der Waals surface area contributed by atoms with Crippen LogP contribution in [0.25, 0.3) is 0 Å². The van der Waals surface area contributed by atoms with E-state index in [1.54, 1.807) is 11.3 Å². The summed E-state index contributed by atoms with van der Waals surface area (Å²) < 4.78 is 0. The summed E-state index contributed by atoms with van der Waals surface area (Å²) in [5.74, 6) is -0.0759. The Kier molecular flexibility index (Phi) is 3.99. The van der Waals surface area contributed by atoms with Crippen LogP contribution < -0.4 is 10.6 Å². The SMILES string of the molecule is CCNc1ccc(C)cc1C(=O)Nc1ccsc1. The van der Waals surface area contributed by atoms with Gasteiger partial charge in [0, 0.05) is 17.6 Å². The van der Waals surface area contributed by atoms with Gasteiger partial charge in [-0.3, -0.25) is 4.79 Å². The molecule has 2 rings (SSSR count). The number of aryl methyl sites for hydroxylation is 1. The van der Waals surface area contributed by atoms with Crippen molar-refractivity contribution in [3.63, 3.8) is 0 Å². The molecule has 0 spiro atoms.